The zero-order valence-corrected chi connectivity index (χ0v) is 22.9. The van der Waals surface area contributed by atoms with Crippen molar-refractivity contribution in [2.75, 3.05) is 11.9 Å². The Hall–Kier alpha value is -2.95. The molecule has 1 aliphatic heterocycles. The molecule has 0 atom stereocenters. The first-order chi connectivity index (χ1) is 17.9. The van der Waals surface area contributed by atoms with Gasteiger partial charge in [0.1, 0.15) is 22.4 Å². The summed E-state index contributed by atoms with van der Waals surface area (Å²) in [5.74, 6) is 0.475. The fraction of sp³-hybridized carbons (Fsp3) is 0.0769. The zero-order valence-electron chi connectivity index (χ0n) is 18.9. The topological polar surface area (TPSA) is 75.4 Å². The number of furan rings is 1. The second-order valence-electron chi connectivity index (χ2n) is 7.93. The average Bonchev–Trinajstić information content (AvgIpc) is 3.59. The van der Waals surface area contributed by atoms with Gasteiger partial charge in [-0.25, -0.2) is 4.98 Å². The molecule has 0 spiro atoms. The first-order valence-electron chi connectivity index (χ1n) is 10.9. The summed E-state index contributed by atoms with van der Waals surface area (Å²) in [7, 11) is 0. The number of hydrogen-bond acceptors (Lipinski definition) is 7. The minimum absolute atomic E-state index is 0.218. The van der Waals surface area contributed by atoms with E-state index in [-0.39, 0.29) is 12.5 Å². The molecule has 0 unspecified atom stereocenters. The third kappa shape index (κ3) is 6.14. The number of halogens is 2. The van der Waals surface area contributed by atoms with Gasteiger partial charge in [0, 0.05) is 39.2 Å². The Morgan fingerprint density at radius 1 is 1.14 bits per heavy atom. The van der Waals surface area contributed by atoms with Gasteiger partial charge in [0.25, 0.3) is 5.91 Å². The first kappa shape index (κ1) is 25.7. The predicted molar refractivity (Wildman–Crippen MR) is 154 cm³/mol. The summed E-state index contributed by atoms with van der Waals surface area (Å²) < 4.78 is 6.17. The van der Waals surface area contributed by atoms with E-state index >= 15 is 0 Å². The lowest BCUT2D eigenvalue weighted by atomic mass is 10.1. The van der Waals surface area contributed by atoms with Crippen molar-refractivity contribution in [3.8, 4) is 11.3 Å². The number of thioether (sulfide) groups is 1. The highest BCUT2D eigenvalue weighted by Crippen LogP contribution is 2.34. The normalized spacial score (nSPS) is 14.5. The van der Waals surface area contributed by atoms with Gasteiger partial charge in [-0.2, -0.15) is 0 Å². The molecule has 1 aliphatic rings. The van der Waals surface area contributed by atoms with Crippen LogP contribution in [0.3, 0.4) is 0 Å². The quantitative estimate of drug-likeness (QED) is 0.183. The van der Waals surface area contributed by atoms with Crippen molar-refractivity contribution in [1.29, 1.82) is 0 Å². The van der Waals surface area contributed by atoms with E-state index in [0.717, 1.165) is 27.8 Å². The van der Waals surface area contributed by atoms with Gasteiger partial charge in [0.05, 0.1) is 4.91 Å². The predicted octanol–water partition coefficient (Wildman–Crippen LogP) is 7.14. The zero-order chi connectivity index (χ0) is 25.9. The number of carbonyl (C=O) groups is 2. The van der Waals surface area contributed by atoms with Crippen LogP contribution in [0, 0.1) is 0 Å². The Kier molecular flexibility index (Phi) is 7.78. The first-order valence-corrected chi connectivity index (χ1v) is 13.7. The molecule has 0 radical (unpaired) electrons. The highest BCUT2D eigenvalue weighted by atomic mass is 35.5. The molecule has 6 nitrogen and oxygen atoms in total. The van der Waals surface area contributed by atoms with Crippen LogP contribution in [0.2, 0.25) is 10.0 Å². The summed E-state index contributed by atoms with van der Waals surface area (Å²) in [6, 6.07) is 18.6. The van der Waals surface area contributed by atoms with Gasteiger partial charge in [-0.1, -0.05) is 77.5 Å². The summed E-state index contributed by atoms with van der Waals surface area (Å²) in [5, 5.41) is 4.36. The molecule has 0 aliphatic carbocycles. The fourth-order valence-corrected chi connectivity index (χ4v) is 6.04. The number of benzene rings is 2. The molecule has 11 heteroatoms. The third-order valence-corrected chi connectivity index (χ3v) is 8.20. The molecular formula is C26H17Cl2N3O3S3. The molecular weight excluding hydrogens is 569 g/mol. The van der Waals surface area contributed by atoms with Gasteiger partial charge in [-0.05, 0) is 35.9 Å². The summed E-state index contributed by atoms with van der Waals surface area (Å²) in [6.45, 7) is -0.218. The molecule has 3 heterocycles. The van der Waals surface area contributed by atoms with Crippen molar-refractivity contribution >= 4 is 85.9 Å². The van der Waals surface area contributed by atoms with Gasteiger partial charge in [0.2, 0.25) is 5.91 Å². The van der Waals surface area contributed by atoms with Crippen molar-refractivity contribution in [1.82, 2.24) is 9.88 Å². The van der Waals surface area contributed by atoms with Gasteiger partial charge in [0.15, 0.2) is 5.13 Å². The fourth-order valence-electron chi connectivity index (χ4n) is 3.57. The molecule has 186 valence electrons. The SMILES string of the molecule is O=C(CN1C(=O)/C(=C/c2ccc(-c3ccccc3)o2)SC1=S)Nc1ncc(Cc2cc(Cl)ccc2Cl)s1. The van der Waals surface area contributed by atoms with E-state index in [0.29, 0.717) is 42.3 Å². The summed E-state index contributed by atoms with van der Waals surface area (Å²) in [5.41, 5.74) is 1.81. The van der Waals surface area contributed by atoms with Crippen LogP contribution in [0.25, 0.3) is 17.4 Å². The molecule has 37 heavy (non-hydrogen) atoms. The van der Waals surface area contributed by atoms with Crippen LogP contribution in [0.1, 0.15) is 16.2 Å². The minimum Gasteiger partial charge on any atom is -0.457 e. The van der Waals surface area contributed by atoms with Crippen molar-refractivity contribution in [3.63, 3.8) is 0 Å². The number of amides is 2. The van der Waals surface area contributed by atoms with Crippen molar-refractivity contribution in [3.05, 3.63) is 98.0 Å². The van der Waals surface area contributed by atoms with E-state index in [4.69, 9.17) is 39.8 Å². The monoisotopic (exact) mass is 585 g/mol. The number of carbonyl (C=O) groups excluding carboxylic acids is 2. The summed E-state index contributed by atoms with van der Waals surface area (Å²) in [6.07, 6.45) is 3.84. The van der Waals surface area contributed by atoms with E-state index in [1.807, 2.05) is 36.4 Å². The molecule has 0 saturated carbocycles. The Labute approximate surface area is 236 Å². The highest BCUT2D eigenvalue weighted by molar-refractivity contribution is 8.26. The van der Waals surface area contributed by atoms with Crippen LogP contribution in [0.15, 0.2) is 76.2 Å². The molecule has 4 aromatic rings. The second-order valence-corrected chi connectivity index (χ2v) is 11.6. The lowest BCUT2D eigenvalue weighted by Crippen LogP contribution is -2.36. The van der Waals surface area contributed by atoms with Gasteiger partial charge in [-0.3, -0.25) is 14.5 Å². The Morgan fingerprint density at radius 3 is 2.76 bits per heavy atom. The number of thiazole rings is 1. The molecule has 2 aromatic heterocycles. The van der Waals surface area contributed by atoms with Crippen molar-refractivity contribution in [2.24, 2.45) is 0 Å². The number of hydrogen-bond donors (Lipinski definition) is 1. The number of nitrogens with zero attached hydrogens (tertiary/aromatic N) is 2. The molecule has 2 amide bonds. The Bertz CT molecular complexity index is 1530. The van der Waals surface area contributed by atoms with Crippen LogP contribution < -0.4 is 5.32 Å². The third-order valence-electron chi connectivity index (χ3n) is 5.31. The van der Waals surface area contributed by atoms with Crippen LogP contribution >= 0.6 is 58.5 Å². The van der Waals surface area contributed by atoms with Crippen molar-refractivity contribution in [2.45, 2.75) is 6.42 Å². The lowest BCUT2D eigenvalue weighted by Gasteiger charge is -2.13. The van der Waals surface area contributed by atoms with E-state index in [9.17, 15) is 9.59 Å². The Morgan fingerprint density at radius 2 is 1.95 bits per heavy atom. The highest BCUT2D eigenvalue weighted by Gasteiger charge is 2.33. The maximum absolute atomic E-state index is 12.9. The molecule has 1 saturated heterocycles. The van der Waals surface area contributed by atoms with Gasteiger partial charge < -0.3 is 9.73 Å². The number of aromatic nitrogens is 1. The molecule has 0 bridgehead atoms. The van der Waals surface area contributed by atoms with Crippen LogP contribution in [-0.4, -0.2) is 32.6 Å². The molecule has 5 rings (SSSR count). The smallest absolute Gasteiger partial charge is 0.266 e. The Balaban J connectivity index is 1.21. The maximum Gasteiger partial charge on any atom is 0.266 e. The summed E-state index contributed by atoms with van der Waals surface area (Å²) in [4.78, 5) is 32.4. The number of nitrogens with one attached hydrogen (secondary N) is 1. The largest absolute Gasteiger partial charge is 0.457 e. The summed E-state index contributed by atoms with van der Waals surface area (Å²) >= 11 is 20.1. The number of thiocarbonyl (C=S) groups is 1. The minimum atomic E-state index is -0.399. The van der Waals surface area contributed by atoms with Gasteiger partial charge in [-0.15, -0.1) is 11.3 Å². The average molecular weight is 587 g/mol. The van der Waals surface area contributed by atoms with Crippen LogP contribution in [0.4, 0.5) is 5.13 Å². The molecule has 1 fully saturated rings. The maximum atomic E-state index is 12.9. The lowest BCUT2D eigenvalue weighted by molar-refractivity contribution is -0.126. The van der Waals surface area contributed by atoms with E-state index in [2.05, 4.69) is 10.3 Å². The number of rotatable bonds is 7. The second kappa shape index (κ2) is 11.2. The van der Waals surface area contributed by atoms with Gasteiger partial charge >= 0.3 is 0 Å². The standard InChI is InChI=1S/C26H17Cl2N3O3S3/c27-17-6-8-20(28)16(10-17)11-19-13-29-25(36-19)30-23(32)14-31-24(33)22(37-26(31)35)12-18-7-9-21(34-18)15-4-2-1-3-5-15/h1-10,12-13H,11,14H2,(H,29,30,32)/b22-12-. The molecule has 1 N–H and O–H groups in total. The van der Waals surface area contributed by atoms with E-state index in [1.54, 1.807) is 36.5 Å². The van der Waals surface area contributed by atoms with E-state index in [1.165, 1.54) is 16.2 Å². The molecule has 2 aromatic carbocycles. The van der Waals surface area contributed by atoms with Crippen LogP contribution in [-0.2, 0) is 16.0 Å². The number of anilines is 1. The van der Waals surface area contributed by atoms with E-state index < -0.39 is 5.91 Å². The van der Waals surface area contributed by atoms with Crippen molar-refractivity contribution < 1.29 is 14.0 Å². The van der Waals surface area contributed by atoms with Crippen LogP contribution in [0.5, 0.6) is 0 Å².